The molecule has 1 saturated carbocycles. The van der Waals surface area contributed by atoms with E-state index in [4.69, 9.17) is 4.98 Å². The average molecular weight is 264 g/mol. The monoisotopic (exact) mass is 264 g/mol. The third kappa shape index (κ3) is 2.94. The van der Waals surface area contributed by atoms with Gasteiger partial charge < -0.3 is 5.32 Å². The molecule has 1 aromatic heterocycles. The van der Waals surface area contributed by atoms with E-state index in [0.29, 0.717) is 6.04 Å². The summed E-state index contributed by atoms with van der Waals surface area (Å²) in [7, 11) is 0. The van der Waals surface area contributed by atoms with Gasteiger partial charge in [-0.1, -0.05) is 13.8 Å². The number of thiazole rings is 1. The first kappa shape index (κ1) is 12.6. The first-order valence-corrected chi connectivity index (χ1v) is 8.28. The lowest BCUT2D eigenvalue weighted by Crippen LogP contribution is -2.24. The minimum Gasteiger partial charge on any atom is -0.305 e. The topological polar surface area (TPSA) is 24.9 Å². The van der Waals surface area contributed by atoms with Crippen LogP contribution in [0.1, 0.15) is 67.6 Å². The van der Waals surface area contributed by atoms with Gasteiger partial charge in [-0.3, -0.25) is 0 Å². The van der Waals surface area contributed by atoms with Gasteiger partial charge in [-0.05, 0) is 50.9 Å². The highest BCUT2D eigenvalue weighted by molar-refractivity contribution is 7.11. The summed E-state index contributed by atoms with van der Waals surface area (Å²) in [6, 6.07) is 1.28. The Kier molecular flexibility index (Phi) is 3.71. The van der Waals surface area contributed by atoms with Crippen molar-refractivity contribution in [2.24, 2.45) is 5.92 Å². The lowest BCUT2D eigenvalue weighted by molar-refractivity contribution is 0.425. The molecule has 1 atom stereocenters. The molecular formula is C15H24N2S. The van der Waals surface area contributed by atoms with E-state index < -0.39 is 0 Å². The Morgan fingerprint density at radius 1 is 1.28 bits per heavy atom. The highest BCUT2D eigenvalue weighted by Gasteiger charge is 2.28. The molecule has 3 rings (SSSR count). The number of hydrogen-bond acceptors (Lipinski definition) is 3. The van der Waals surface area contributed by atoms with Gasteiger partial charge in [0.2, 0.25) is 0 Å². The van der Waals surface area contributed by atoms with Crippen molar-refractivity contribution in [3.63, 3.8) is 0 Å². The summed E-state index contributed by atoms with van der Waals surface area (Å²) in [5.74, 6) is 0.738. The van der Waals surface area contributed by atoms with E-state index in [1.54, 1.807) is 4.88 Å². The molecule has 0 aromatic carbocycles. The molecule has 0 aliphatic heterocycles. The van der Waals surface area contributed by atoms with Crippen molar-refractivity contribution < 1.29 is 0 Å². The first-order chi connectivity index (χ1) is 8.72. The number of aromatic nitrogens is 1. The fraction of sp³-hybridized carbons (Fsp3) is 0.800. The van der Waals surface area contributed by atoms with Gasteiger partial charge in [0.25, 0.3) is 0 Å². The molecule has 0 spiro atoms. The molecule has 1 fully saturated rings. The zero-order chi connectivity index (χ0) is 12.5. The molecule has 1 aromatic rings. The average Bonchev–Trinajstić information content (AvgIpc) is 3.04. The maximum absolute atomic E-state index is 4.94. The van der Waals surface area contributed by atoms with Crippen LogP contribution in [0.15, 0.2) is 0 Å². The Morgan fingerprint density at radius 2 is 2.06 bits per heavy atom. The van der Waals surface area contributed by atoms with E-state index in [-0.39, 0.29) is 0 Å². The molecule has 0 bridgehead atoms. The second-order valence-electron chi connectivity index (χ2n) is 6.25. The third-order valence-electron chi connectivity index (χ3n) is 3.88. The lowest BCUT2D eigenvalue weighted by atomic mass is 10.0. The molecule has 0 radical (unpaired) electrons. The van der Waals surface area contributed by atoms with E-state index in [2.05, 4.69) is 19.2 Å². The van der Waals surface area contributed by atoms with Crippen molar-refractivity contribution in [3.05, 3.63) is 15.6 Å². The Hall–Kier alpha value is -0.410. The van der Waals surface area contributed by atoms with E-state index in [0.717, 1.165) is 12.0 Å². The number of fused-ring (bicyclic) bond motifs is 1. The molecule has 0 saturated heterocycles. The summed E-state index contributed by atoms with van der Waals surface area (Å²) in [4.78, 5) is 6.51. The molecule has 100 valence electrons. The summed E-state index contributed by atoms with van der Waals surface area (Å²) >= 11 is 1.98. The van der Waals surface area contributed by atoms with Crippen molar-refractivity contribution in [1.29, 1.82) is 0 Å². The second-order valence-corrected chi connectivity index (χ2v) is 7.37. The van der Waals surface area contributed by atoms with Gasteiger partial charge in [-0.15, -0.1) is 11.3 Å². The van der Waals surface area contributed by atoms with E-state index in [1.807, 2.05) is 11.3 Å². The van der Waals surface area contributed by atoms with Crippen molar-refractivity contribution in [1.82, 2.24) is 10.3 Å². The molecule has 1 heterocycles. The maximum atomic E-state index is 4.94. The zero-order valence-electron chi connectivity index (χ0n) is 11.5. The van der Waals surface area contributed by atoms with Gasteiger partial charge in [0.15, 0.2) is 0 Å². The van der Waals surface area contributed by atoms with Crippen LogP contribution in [0.2, 0.25) is 0 Å². The van der Waals surface area contributed by atoms with E-state index in [1.165, 1.54) is 55.6 Å². The molecule has 18 heavy (non-hydrogen) atoms. The fourth-order valence-corrected chi connectivity index (χ4v) is 3.99. The predicted octanol–water partition coefficient (Wildman–Crippen LogP) is 3.86. The van der Waals surface area contributed by atoms with E-state index in [9.17, 15) is 0 Å². The smallest absolute Gasteiger partial charge is 0.110 e. The minimum absolute atomic E-state index is 0.507. The molecule has 1 unspecified atom stereocenters. The largest absolute Gasteiger partial charge is 0.305 e. The number of hydrogen-bond donors (Lipinski definition) is 1. The Labute approximate surface area is 114 Å². The van der Waals surface area contributed by atoms with Crippen LogP contribution in [0.5, 0.6) is 0 Å². The number of aryl methyl sites for hydroxylation is 2. The second kappa shape index (κ2) is 5.30. The van der Waals surface area contributed by atoms with Crippen LogP contribution in [0.4, 0.5) is 0 Å². The van der Waals surface area contributed by atoms with E-state index >= 15 is 0 Å². The van der Waals surface area contributed by atoms with Gasteiger partial charge in [-0.25, -0.2) is 4.98 Å². The van der Waals surface area contributed by atoms with Crippen LogP contribution < -0.4 is 5.32 Å². The van der Waals surface area contributed by atoms with Crippen molar-refractivity contribution >= 4 is 11.3 Å². The Balaban J connectivity index is 1.76. The van der Waals surface area contributed by atoms with Gasteiger partial charge in [0.05, 0.1) is 11.7 Å². The fourth-order valence-electron chi connectivity index (χ4n) is 2.77. The lowest BCUT2D eigenvalue weighted by Gasteiger charge is -2.18. The summed E-state index contributed by atoms with van der Waals surface area (Å²) in [6.07, 6.45) is 9.12. The molecule has 2 nitrogen and oxygen atoms in total. The normalized spacial score (nSPS) is 21.1. The van der Waals surface area contributed by atoms with Crippen LogP contribution in [-0.2, 0) is 12.8 Å². The first-order valence-electron chi connectivity index (χ1n) is 7.47. The predicted molar refractivity (Wildman–Crippen MR) is 77.1 cm³/mol. The van der Waals surface area contributed by atoms with Crippen molar-refractivity contribution in [2.45, 2.75) is 70.9 Å². The van der Waals surface area contributed by atoms with Crippen molar-refractivity contribution in [2.75, 3.05) is 0 Å². The number of rotatable bonds is 5. The van der Waals surface area contributed by atoms with Crippen LogP contribution in [0.25, 0.3) is 0 Å². The summed E-state index contributed by atoms with van der Waals surface area (Å²) in [5.41, 5.74) is 1.41. The standard InChI is InChI=1S/C15H24N2S/c1-10(2)9-13(16-11-7-8-11)15-17-12-5-3-4-6-14(12)18-15/h10-11,13,16H,3-9H2,1-2H3. The van der Waals surface area contributed by atoms with Crippen LogP contribution in [0.3, 0.4) is 0 Å². The number of nitrogens with one attached hydrogen (secondary N) is 1. The Morgan fingerprint density at radius 3 is 2.72 bits per heavy atom. The summed E-state index contributed by atoms with van der Waals surface area (Å²) in [6.45, 7) is 4.63. The van der Waals surface area contributed by atoms with Gasteiger partial charge >= 0.3 is 0 Å². The van der Waals surface area contributed by atoms with Crippen molar-refractivity contribution in [3.8, 4) is 0 Å². The molecule has 1 N–H and O–H groups in total. The third-order valence-corrected chi connectivity index (χ3v) is 5.15. The molecule has 0 amide bonds. The zero-order valence-corrected chi connectivity index (χ0v) is 12.4. The summed E-state index contributed by atoms with van der Waals surface area (Å²) in [5, 5.41) is 5.16. The number of nitrogens with zero attached hydrogens (tertiary/aromatic N) is 1. The van der Waals surface area contributed by atoms with Crippen LogP contribution in [-0.4, -0.2) is 11.0 Å². The van der Waals surface area contributed by atoms with Gasteiger partial charge in [-0.2, -0.15) is 0 Å². The van der Waals surface area contributed by atoms with Gasteiger partial charge in [0, 0.05) is 10.9 Å². The molecule has 2 aliphatic rings. The highest BCUT2D eigenvalue weighted by Crippen LogP contribution is 2.34. The highest BCUT2D eigenvalue weighted by atomic mass is 32.1. The van der Waals surface area contributed by atoms with Crippen LogP contribution >= 0.6 is 11.3 Å². The quantitative estimate of drug-likeness (QED) is 0.873. The molecule has 2 aliphatic carbocycles. The van der Waals surface area contributed by atoms with Gasteiger partial charge in [0.1, 0.15) is 5.01 Å². The van der Waals surface area contributed by atoms with Crippen LogP contribution in [0, 0.1) is 5.92 Å². The minimum atomic E-state index is 0.507. The Bertz CT molecular complexity index is 379. The molecular weight excluding hydrogens is 240 g/mol. The molecule has 3 heteroatoms. The summed E-state index contributed by atoms with van der Waals surface area (Å²) < 4.78 is 0. The SMILES string of the molecule is CC(C)CC(NC1CC1)c1nc2c(s1)CCCC2. The maximum Gasteiger partial charge on any atom is 0.110 e.